The van der Waals surface area contributed by atoms with Gasteiger partial charge in [-0.1, -0.05) is 6.58 Å². The van der Waals surface area contributed by atoms with Crippen molar-refractivity contribution < 1.29 is 1.37 Å². The van der Waals surface area contributed by atoms with E-state index in [1.165, 1.54) is 0 Å². The van der Waals surface area contributed by atoms with Gasteiger partial charge in [-0.2, -0.15) is 0 Å². The largest absolute Gasteiger partial charge is 0.367 e. The highest BCUT2D eigenvalue weighted by molar-refractivity contribution is 5.55. The van der Waals surface area contributed by atoms with Crippen LogP contribution in [-0.4, -0.2) is 14.6 Å². The van der Waals surface area contributed by atoms with E-state index in [0.29, 0.717) is 5.52 Å². The first-order valence-corrected chi connectivity index (χ1v) is 3.46. The first-order valence-electron chi connectivity index (χ1n) is 3.96. The third-order valence-corrected chi connectivity index (χ3v) is 1.58. The van der Waals surface area contributed by atoms with E-state index in [1.54, 1.807) is 16.7 Å². The normalized spacial score (nSPS) is 11.5. The molecule has 0 aliphatic heterocycles. The highest BCUT2D eigenvalue weighted by atomic mass is 15.3. The fourth-order valence-corrected chi connectivity index (χ4v) is 1.03. The minimum absolute atomic E-state index is 0.0943. The minimum Gasteiger partial charge on any atom is -0.367 e. The van der Waals surface area contributed by atoms with Crippen molar-refractivity contribution in [3.63, 3.8) is 0 Å². The molecule has 4 nitrogen and oxygen atoms in total. The number of anilines is 1. The molecule has 2 rings (SSSR count). The van der Waals surface area contributed by atoms with Crippen molar-refractivity contribution in [3.8, 4) is 0 Å². The van der Waals surface area contributed by atoms with Crippen LogP contribution in [0, 0.1) is 0 Å². The van der Waals surface area contributed by atoms with Crippen molar-refractivity contribution in [1.82, 2.24) is 14.6 Å². The maximum absolute atomic E-state index is 7.51. The summed E-state index contributed by atoms with van der Waals surface area (Å²) in [4.78, 5) is 3.73. The number of nitrogen functional groups attached to an aromatic ring is 1. The second-order valence-electron chi connectivity index (χ2n) is 2.34. The highest BCUT2D eigenvalue weighted by Crippen LogP contribution is 2.08. The fourth-order valence-electron chi connectivity index (χ4n) is 1.03. The molecular weight excluding hydrogens is 152 g/mol. The van der Waals surface area contributed by atoms with E-state index in [4.69, 9.17) is 7.10 Å². The molecule has 2 aromatic heterocycles. The molecule has 2 aromatic rings. The fraction of sp³-hybridized carbons (Fsp3) is 0. The Labute approximate surface area is 70.7 Å². The molecule has 0 bridgehead atoms. The molecule has 0 radical (unpaired) electrons. The third-order valence-electron chi connectivity index (χ3n) is 1.58. The summed E-state index contributed by atoms with van der Waals surface area (Å²) < 4.78 is 9.06. The Morgan fingerprint density at radius 3 is 3.25 bits per heavy atom. The zero-order valence-corrected chi connectivity index (χ0v) is 6.36. The number of nitrogens with zero attached hydrogens (tertiary/aromatic N) is 3. The van der Waals surface area contributed by atoms with E-state index >= 15 is 0 Å². The van der Waals surface area contributed by atoms with Gasteiger partial charge in [0.1, 0.15) is 0 Å². The van der Waals surface area contributed by atoms with Crippen LogP contribution >= 0.6 is 0 Å². The molecule has 0 amide bonds. The third kappa shape index (κ3) is 0.852. The number of rotatable bonds is 1. The zero-order valence-electron chi connectivity index (χ0n) is 7.36. The number of hydrogen-bond donors (Lipinski definition) is 1. The van der Waals surface area contributed by atoms with Crippen molar-refractivity contribution in [1.29, 1.82) is 0 Å². The minimum atomic E-state index is 0.0943. The average Bonchev–Trinajstić information content (AvgIpc) is 2.47. The number of nitrogens with two attached hydrogens (primary N) is 1. The van der Waals surface area contributed by atoms with Gasteiger partial charge < -0.3 is 5.73 Å². The predicted octanol–water partition coefficient (Wildman–Crippen LogP) is 0.955. The van der Waals surface area contributed by atoms with E-state index in [9.17, 15) is 0 Å². The van der Waals surface area contributed by atoms with Crippen LogP contribution in [0.2, 0.25) is 0 Å². The molecule has 0 aliphatic carbocycles. The van der Waals surface area contributed by atoms with Gasteiger partial charge in [-0.05, 0) is 18.2 Å². The second-order valence-corrected chi connectivity index (χ2v) is 2.34. The molecular formula is C8H8N4. The second kappa shape index (κ2) is 2.34. The van der Waals surface area contributed by atoms with Gasteiger partial charge in [0, 0.05) is 0 Å². The van der Waals surface area contributed by atoms with Gasteiger partial charge in [-0.25, -0.2) is 9.50 Å². The lowest BCUT2D eigenvalue weighted by molar-refractivity contribution is 0.908. The van der Waals surface area contributed by atoms with E-state index in [-0.39, 0.29) is 12.1 Å². The first-order chi connectivity index (χ1) is 6.22. The Hall–Kier alpha value is -1.84. The van der Waals surface area contributed by atoms with E-state index in [0.717, 1.165) is 5.69 Å². The Kier molecular flexibility index (Phi) is 1.12. The van der Waals surface area contributed by atoms with Crippen molar-refractivity contribution >= 4 is 17.5 Å². The molecule has 2 N–H and O–H groups in total. The van der Waals surface area contributed by atoms with Crippen LogP contribution in [0.1, 0.15) is 7.06 Å². The molecule has 0 unspecified atom stereocenters. The standard InChI is InChI=1S/C8H8N4/c1-2-6-3-4-7-5-10-8(9)11-12(6)7/h2-5H,1H2,(H2,9,11)/i5D. The number of hydrogen-bond acceptors (Lipinski definition) is 3. The summed E-state index contributed by atoms with van der Waals surface area (Å²) in [5.74, 6) is 0.0943. The highest BCUT2D eigenvalue weighted by Gasteiger charge is 1.99. The topological polar surface area (TPSA) is 56.2 Å². The number of fused-ring (bicyclic) bond motifs is 1. The SMILES string of the molecule is [2H]c1nc(N)nn2c(C=C)ccc12. The van der Waals surface area contributed by atoms with Crippen LogP contribution in [0.3, 0.4) is 0 Å². The molecule has 0 atom stereocenters. The molecule has 0 fully saturated rings. The van der Waals surface area contributed by atoms with Gasteiger partial charge in [-0.15, -0.1) is 5.10 Å². The molecule has 0 saturated carbocycles. The van der Waals surface area contributed by atoms with Gasteiger partial charge >= 0.3 is 0 Å². The summed E-state index contributed by atoms with van der Waals surface area (Å²) in [5, 5.41) is 3.96. The lowest BCUT2D eigenvalue weighted by Crippen LogP contribution is -2.01. The van der Waals surface area contributed by atoms with E-state index in [1.807, 2.05) is 6.07 Å². The Morgan fingerprint density at radius 1 is 1.67 bits per heavy atom. The van der Waals surface area contributed by atoms with Gasteiger partial charge in [0.25, 0.3) is 0 Å². The van der Waals surface area contributed by atoms with Crippen molar-refractivity contribution in [2.75, 3.05) is 5.73 Å². The van der Waals surface area contributed by atoms with Crippen LogP contribution < -0.4 is 5.73 Å². The summed E-state index contributed by atoms with van der Waals surface area (Å²) in [6, 6.07) is 3.58. The van der Waals surface area contributed by atoms with E-state index < -0.39 is 0 Å². The maximum atomic E-state index is 7.51. The Morgan fingerprint density at radius 2 is 2.50 bits per heavy atom. The molecule has 60 valence electrons. The van der Waals surface area contributed by atoms with Gasteiger partial charge in [-0.3, -0.25) is 0 Å². The van der Waals surface area contributed by atoms with Crippen LogP contribution in [0.25, 0.3) is 11.6 Å². The smallest absolute Gasteiger partial charge is 0.238 e. The summed E-state index contributed by atoms with van der Waals surface area (Å²) in [7, 11) is 0. The van der Waals surface area contributed by atoms with Gasteiger partial charge in [0.05, 0.1) is 18.8 Å². The Balaban J connectivity index is 2.89. The zero-order chi connectivity index (χ0) is 9.42. The summed E-state index contributed by atoms with van der Waals surface area (Å²) in [6.07, 6.45) is 1.78. The molecule has 0 saturated heterocycles. The molecule has 0 aliphatic rings. The molecule has 0 aromatic carbocycles. The molecule has 12 heavy (non-hydrogen) atoms. The summed E-state index contributed by atoms with van der Waals surface area (Å²) >= 11 is 0. The molecule has 2 heterocycles. The predicted molar refractivity (Wildman–Crippen MR) is 47.5 cm³/mol. The van der Waals surface area contributed by atoms with Gasteiger partial charge in [0.15, 0.2) is 0 Å². The quantitative estimate of drug-likeness (QED) is 0.677. The first kappa shape index (κ1) is 5.77. The van der Waals surface area contributed by atoms with Crippen molar-refractivity contribution in [2.24, 2.45) is 0 Å². The van der Waals surface area contributed by atoms with Crippen molar-refractivity contribution in [2.45, 2.75) is 0 Å². The summed E-state index contributed by atoms with van der Waals surface area (Å²) in [6.45, 7) is 3.63. The molecule has 4 heteroatoms. The van der Waals surface area contributed by atoms with Gasteiger partial charge in [0.2, 0.25) is 5.95 Å². The Bertz CT molecular complexity index is 474. The van der Waals surface area contributed by atoms with E-state index in [2.05, 4.69) is 16.7 Å². The van der Waals surface area contributed by atoms with Crippen molar-refractivity contribution in [3.05, 3.63) is 30.6 Å². The van der Waals surface area contributed by atoms with Crippen LogP contribution in [0.4, 0.5) is 5.95 Å². The van der Waals surface area contributed by atoms with Crippen LogP contribution in [-0.2, 0) is 0 Å². The lowest BCUT2D eigenvalue weighted by atomic mass is 10.4. The van der Waals surface area contributed by atoms with Crippen LogP contribution in [0.15, 0.2) is 24.9 Å². The lowest BCUT2D eigenvalue weighted by Gasteiger charge is -1.96. The maximum Gasteiger partial charge on any atom is 0.238 e. The summed E-state index contributed by atoms with van der Waals surface area (Å²) in [5.41, 5.74) is 6.84. The number of aromatic nitrogens is 3. The average molecular weight is 161 g/mol. The monoisotopic (exact) mass is 161 g/mol. The molecule has 0 spiro atoms. The van der Waals surface area contributed by atoms with Crippen LogP contribution in [0.5, 0.6) is 0 Å².